The Morgan fingerprint density at radius 3 is 2.88 bits per heavy atom. The van der Waals surface area contributed by atoms with Crippen LogP contribution >= 0.6 is 11.3 Å². The molecule has 0 amide bonds. The van der Waals surface area contributed by atoms with E-state index in [2.05, 4.69) is 45.8 Å². The highest BCUT2D eigenvalue weighted by Gasteiger charge is 2.29. The van der Waals surface area contributed by atoms with Crippen LogP contribution in [-0.2, 0) is 11.3 Å². The molecule has 0 bridgehead atoms. The summed E-state index contributed by atoms with van der Waals surface area (Å²) in [6.07, 6.45) is 2.04. The number of aryl methyl sites for hydroxylation is 1. The van der Waals surface area contributed by atoms with Crippen LogP contribution in [0.1, 0.15) is 35.5 Å². The van der Waals surface area contributed by atoms with Gasteiger partial charge in [0.2, 0.25) is 5.89 Å². The number of aromatic nitrogens is 2. The first-order valence-corrected chi connectivity index (χ1v) is 9.20. The zero-order valence-corrected chi connectivity index (χ0v) is 14.5. The molecule has 3 aromatic rings. The molecule has 1 aliphatic heterocycles. The molecule has 1 N–H and O–H groups in total. The Morgan fingerprint density at radius 2 is 2.12 bits per heavy atom. The molecular weight excluding hydrogens is 322 g/mol. The maximum absolute atomic E-state index is 5.50. The molecule has 1 aliphatic rings. The Kier molecular flexibility index (Phi) is 4.60. The first-order chi connectivity index (χ1) is 11.8. The van der Waals surface area contributed by atoms with Gasteiger partial charge in [0, 0.05) is 29.3 Å². The molecule has 1 saturated heterocycles. The van der Waals surface area contributed by atoms with Crippen LogP contribution in [0.5, 0.6) is 0 Å². The van der Waals surface area contributed by atoms with Crippen LogP contribution in [-0.4, -0.2) is 23.4 Å². The largest absolute Gasteiger partial charge is 0.381 e. The average molecular weight is 343 g/mol. The van der Waals surface area contributed by atoms with Crippen molar-refractivity contribution in [3.63, 3.8) is 0 Å². The third-order valence-corrected chi connectivity index (χ3v) is 5.64. The van der Waals surface area contributed by atoms with Gasteiger partial charge in [-0.05, 0) is 43.2 Å². The highest BCUT2D eigenvalue weighted by atomic mass is 32.1. The van der Waals surface area contributed by atoms with E-state index in [9.17, 15) is 0 Å². The van der Waals surface area contributed by atoms with Crippen LogP contribution in [0, 0.1) is 12.8 Å². The molecule has 4 rings (SSSR count). The summed E-state index contributed by atoms with van der Waals surface area (Å²) in [6, 6.07) is 10.8. The van der Waals surface area contributed by atoms with Gasteiger partial charge in [-0.15, -0.1) is 11.3 Å². The van der Waals surface area contributed by atoms with E-state index in [0.717, 1.165) is 32.6 Å². The van der Waals surface area contributed by atoms with E-state index in [1.165, 1.54) is 15.0 Å². The lowest BCUT2D eigenvalue weighted by atomic mass is 9.91. The molecule has 1 unspecified atom stereocenters. The van der Waals surface area contributed by atoms with Gasteiger partial charge in [0.15, 0.2) is 5.82 Å². The molecular formula is C18H21N3O2S. The molecule has 1 atom stereocenters. The van der Waals surface area contributed by atoms with Gasteiger partial charge in [-0.1, -0.05) is 23.4 Å². The van der Waals surface area contributed by atoms with Gasteiger partial charge in [0.1, 0.15) is 0 Å². The number of fused-ring (bicyclic) bond motifs is 1. The van der Waals surface area contributed by atoms with Crippen molar-refractivity contribution < 1.29 is 9.26 Å². The Hall–Kier alpha value is -1.76. The van der Waals surface area contributed by atoms with E-state index in [4.69, 9.17) is 9.26 Å². The number of benzene rings is 1. The molecule has 1 aromatic carbocycles. The third kappa shape index (κ3) is 3.36. The van der Waals surface area contributed by atoms with Gasteiger partial charge in [-0.2, -0.15) is 4.98 Å². The van der Waals surface area contributed by atoms with Crippen molar-refractivity contribution in [2.24, 2.45) is 5.92 Å². The standard InChI is InChI=1S/C18H21N3O2S/c1-12-20-18(23-21-12)17(13-6-8-22-9-7-13)19-11-15-10-14-4-2-3-5-16(14)24-15/h2-5,10,13,17,19H,6-9,11H2,1H3. The number of hydrogen-bond donors (Lipinski definition) is 1. The second kappa shape index (κ2) is 7.01. The molecule has 5 nitrogen and oxygen atoms in total. The lowest BCUT2D eigenvalue weighted by Gasteiger charge is -2.28. The Balaban J connectivity index is 1.52. The summed E-state index contributed by atoms with van der Waals surface area (Å²) in [5.41, 5.74) is 0. The summed E-state index contributed by atoms with van der Waals surface area (Å²) >= 11 is 1.83. The van der Waals surface area contributed by atoms with E-state index < -0.39 is 0 Å². The van der Waals surface area contributed by atoms with Crippen LogP contribution < -0.4 is 5.32 Å². The first-order valence-electron chi connectivity index (χ1n) is 8.38. The molecule has 0 saturated carbocycles. The third-order valence-electron chi connectivity index (χ3n) is 4.52. The van der Waals surface area contributed by atoms with Crippen molar-refractivity contribution in [3.8, 4) is 0 Å². The number of nitrogens with zero attached hydrogens (tertiary/aromatic N) is 2. The minimum Gasteiger partial charge on any atom is -0.381 e. The van der Waals surface area contributed by atoms with Gasteiger partial charge in [0.05, 0.1) is 6.04 Å². The monoisotopic (exact) mass is 343 g/mol. The van der Waals surface area contributed by atoms with E-state index in [-0.39, 0.29) is 6.04 Å². The van der Waals surface area contributed by atoms with Crippen LogP contribution in [0.4, 0.5) is 0 Å². The van der Waals surface area contributed by atoms with E-state index >= 15 is 0 Å². The lowest BCUT2D eigenvalue weighted by molar-refractivity contribution is 0.0486. The lowest BCUT2D eigenvalue weighted by Crippen LogP contribution is -2.32. The summed E-state index contributed by atoms with van der Waals surface area (Å²) < 4.78 is 12.3. The summed E-state index contributed by atoms with van der Waals surface area (Å²) in [6.45, 7) is 4.28. The minimum atomic E-state index is 0.0836. The molecule has 0 spiro atoms. The number of nitrogens with one attached hydrogen (secondary N) is 1. The summed E-state index contributed by atoms with van der Waals surface area (Å²) in [5, 5.41) is 8.92. The normalized spacial score (nSPS) is 17.4. The van der Waals surface area contributed by atoms with Crippen molar-refractivity contribution in [2.45, 2.75) is 32.4 Å². The fourth-order valence-electron chi connectivity index (χ4n) is 3.28. The van der Waals surface area contributed by atoms with Gasteiger partial charge in [-0.25, -0.2) is 0 Å². The molecule has 0 radical (unpaired) electrons. The molecule has 6 heteroatoms. The maximum Gasteiger partial charge on any atom is 0.244 e. The second-order valence-corrected chi connectivity index (χ2v) is 7.41. The van der Waals surface area contributed by atoms with Gasteiger partial charge in [0.25, 0.3) is 0 Å². The SMILES string of the molecule is Cc1noc(C(NCc2cc3ccccc3s2)C2CCOCC2)n1. The highest BCUT2D eigenvalue weighted by molar-refractivity contribution is 7.19. The number of hydrogen-bond acceptors (Lipinski definition) is 6. The predicted octanol–water partition coefficient (Wildman–Crippen LogP) is 3.85. The molecule has 3 heterocycles. The van der Waals surface area contributed by atoms with Crippen molar-refractivity contribution in [1.29, 1.82) is 0 Å². The molecule has 0 aliphatic carbocycles. The molecule has 1 fully saturated rings. The Morgan fingerprint density at radius 1 is 1.29 bits per heavy atom. The zero-order chi connectivity index (χ0) is 16.4. The van der Waals surface area contributed by atoms with Gasteiger partial charge >= 0.3 is 0 Å². The van der Waals surface area contributed by atoms with E-state index in [0.29, 0.717) is 17.6 Å². The van der Waals surface area contributed by atoms with Crippen LogP contribution in [0.2, 0.25) is 0 Å². The highest BCUT2D eigenvalue weighted by Crippen LogP contribution is 2.31. The summed E-state index contributed by atoms with van der Waals surface area (Å²) in [4.78, 5) is 5.79. The molecule has 24 heavy (non-hydrogen) atoms. The average Bonchev–Trinajstić information content (AvgIpc) is 3.22. The van der Waals surface area contributed by atoms with Crippen molar-refractivity contribution in [2.75, 3.05) is 13.2 Å². The number of thiophene rings is 1. The predicted molar refractivity (Wildman–Crippen MR) is 94.0 cm³/mol. The number of ether oxygens (including phenoxy) is 1. The molecule has 126 valence electrons. The Labute approximate surface area is 145 Å². The topological polar surface area (TPSA) is 60.2 Å². The van der Waals surface area contributed by atoms with Crippen LogP contribution in [0.15, 0.2) is 34.9 Å². The summed E-state index contributed by atoms with van der Waals surface area (Å²) in [7, 11) is 0. The van der Waals surface area contributed by atoms with Crippen LogP contribution in [0.3, 0.4) is 0 Å². The molecule has 2 aromatic heterocycles. The second-order valence-electron chi connectivity index (χ2n) is 6.24. The number of rotatable bonds is 5. The van der Waals surface area contributed by atoms with E-state index in [1.807, 2.05) is 18.3 Å². The van der Waals surface area contributed by atoms with Crippen molar-refractivity contribution >= 4 is 21.4 Å². The van der Waals surface area contributed by atoms with Gasteiger partial charge in [-0.3, -0.25) is 0 Å². The zero-order valence-electron chi connectivity index (χ0n) is 13.7. The summed E-state index contributed by atoms with van der Waals surface area (Å²) in [5.74, 6) is 1.85. The van der Waals surface area contributed by atoms with Crippen LogP contribution in [0.25, 0.3) is 10.1 Å². The van der Waals surface area contributed by atoms with Crippen molar-refractivity contribution in [3.05, 3.63) is 46.9 Å². The minimum absolute atomic E-state index is 0.0836. The van der Waals surface area contributed by atoms with Gasteiger partial charge < -0.3 is 14.6 Å². The quantitative estimate of drug-likeness (QED) is 0.762. The fourth-order valence-corrected chi connectivity index (χ4v) is 4.29. The first kappa shape index (κ1) is 15.7. The van der Waals surface area contributed by atoms with E-state index in [1.54, 1.807) is 0 Å². The fraction of sp³-hybridized carbons (Fsp3) is 0.444. The smallest absolute Gasteiger partial charge is 0.244 e. The maximum atomic E-state index is 5.50. The van der Waals surface area contributed by atoms with Crippen molar-refractivity contribution in [1.82, 2.24) is 15.5 Å². The Bertz CT molecular complexity index is 774.